The Hall–Kier alpha value is -3.20. The third-order valence-corrected chi connectivity index (χ3v) is 6.70. The molecule has 1 fully saturated rings. The highest BCUT2D eigenvalue weighted by Gasteiger charge is 2.29. The van der Waals surface area contributed by atoms with E-state index >= 15 is 0 Å². The quantitative estimate of drug-likeness (QED) is 0.407. The highest BCUT2D eigenvalue weighted by Crippen LogP contribution is 2.30. The lowest BCUT2D eigenvalue weighted by atomic mass is 10.1. The first-order valence-corrected chi connectivity index (χ1v) is 12.3. The number of aryl methyl sites for hydroxylation is 2. The summed E-state index contributed by atoms with van der Waals surface area (Å²) < 4.78 is 27.0. The van der Waals surface area contributed by atoms with Gasteiger partial charge in [-0.05, 0) is 53.1 Å². The molecule has 35 heavy (non-hydrogen) atoms. The van der Waals surface area contributed by atoms with Crippen LogP contribution in [0, 0.1) is 5.82 Å². The van der Waals surface area contributed by atoms with Crippen LogP contribution < -0.4 is 14.4 Å². The third kappa shape index (κ3) is 5.90. The molecule has 1 aliphatic heterocycles. The third-order valence-electron chi connectivity index (χ3n) is 6.70. The summed E-state index contributed by atoms with van der Waals surface area (Å²) in [6.45, 7) is 6.10. The number of rotatable bonds is 11. The average Bonchev–Trinajstić information content (AvgIpc) is 3.36. The Kier molecular flexibility index (Phi) is 8.52. The van der Waals surface area contributed by atoms with Crippen LogP contribution in [0.1, 0.15) is 43.6 Å². The lowest BCUT2D eigenvalue weighted by molar-refractivity contribution is 0.162. The molecule has 2 aromatic carbocycles. The maximum Gasteiger partial charge on any atom is 0.168 e. The van der Waals surface area contributed by atoms with E-state index in [9.17, 15) is 4.39 Å². The van der Waals surface area contributed by atoms with Crippen molar-refractivity contribution in [2.24, 2.45) is 0 Å². The van der Waals surface area contributed by atoms with Crippen molar-refractivity contribution >= 4 is 5.69 Å². The second-order valence-corrected chi connectivity index (χ2v) is 8.83. The van der Waals surface area contributed by atoms with E-state index in [1.54, 1.807) is 20.3 Å². The van der Waals surface area contributed by atoms with Crippen LogP contribution in [0.3, 0.4) is 0 Å². The van der Waals surface area contributed by atoms with E-state index in [0.29, 0.717) is 18.0 Å². The topological polar surface area (TPSA) is 68.5 Å². The summed E-state index contributed by atoms with van der Waals surface area (Å²) >= 11 is 0. The summed E-state index contributed by atoms with van der Waals surface area (Å²) in [5.74, 6) is 2.17. The van der Waals surface area contributed by atoms with E-state index in [4.69, 9.17) is 9.47 Å². The van der Waals surface area contributed by atoms with Gasteiger partial charge in [0.25, 0.3) is 0 Å². The smallest absolute Gasteiger partial charge is 0.168 e. The predicted molar refractivity (Wildman–Crippen MR) is 134 cm³/mol. The Balaban J connectivity index is 1.45. The van der Waals surface area contributed by atoms with Crippen LogP contribution in [-0.2, 0) is 13.0 Å². The summed E-state index contributed by atoms with van der Waals surface area (Å²) in [7, 11) is 3.28. The lowest BCUT2D eigenvalue weighted by Crippen LogP contribution is -2.48. The second kappa shape index (κ2) is 12.0. The molecule has 2 heterocycles. The van der Waals surface area contributed by atoms with Crippen molar-refractivity contribution in [2.45, 2.75) is 45.2 Å². The van der Waals surface area contributed by atoms with Gasteiger partial charge in [-0.3, -0.25) is 4.90 Å². The van der Waals surface area contributed by atoms with Gasteiger partial charge in [-0.2, -0.15) is 0 Å². The molecule has 3 aromatic rings. The molecular weight excluding hydrogens is 447 g/mol. The van der Waals surface area contributed by atoms with E-state index in [0.717, 1.165) is 69.0 Å². The van der Waals surface area contributed by atoms with Gasteiger partial charge in [0.15, 0.2) is 17.3 Å². The first-order valence-electron chi connectivity index (χ1n) is 12.3. The number of aromatic nitrogens is 4. The minimum atomic E-state index is -0.164. The summed E-state index contributed by atoms with van der Waals surface area (Å²) in [5, 5.41) is 12.8. The largest absolute Gasteiger partial charge is 0.493 e. The number of tetrazole rings is 1. The van der Waals surface area contributed by atoms with E-state index in [-0.39, 0.29) is 11.9 Å². The maximum absolute atomic E-state index is 14.3. The standard InChI is InChI=1S/C26H35FN6O2/c1-4-5-9-23(32-17-15-31(16-18-32)22-10-7-6-8-21(22)27)26-28-29-30-33(26)14-13-20-11-12-24(34-2)25(19-20)35-3/h6-8,10-12,19,23H,4-5,9,13-18H2,1-3H3. The first kappa shape index (κ1) is 24.9. The van der Waals surface area contributed by atoms with Gasteiger partial charge >= 0.3 is 0 Å². The number of methoxy groups -OCH3 is 2. The highest BCUT2D eigenvalue weighted by molar-refractivity contribution is 5.48. The van der Waals surface area contributed by atoms with Crippen LogP contribution in [0.25, 0.3) is 0 Å². The van der Waals surface area contributed by atoms with Crippen molar-refractivity contribution in [2.75, 3.05) is 45.3 Å². The Morgan fingerprint density at radius 2 is 1.77 bits per heavy atom. The summed E-state index contributed by atoms with van der Waals surface area (Å²) in [5.41, 5.74) is 1.81. The zero-order valence-electron chi connectivity index (χ0n) is 20.9. The molecule has 0 aliphatic carbocycles. The highest BCUT2D eigenvalue weighted by atomic mass is 19.1. The fourth-order valence-corrected chi connectivity index (χ4v) is 4.74. The predicted octanol–water partition coefficient (Wildman–Crippen LogP) is 4.13. The number of hydrogen-bond donors (Lipinski definition) is 0. The fraction of sp³-hybridized carbons (Fsp3) is 0.500. The van der Waals surface area contributed by atoms with Crippen molar-refractivity contribution in [3.05, 3.63) is 59.7 Å². The monoisotopic (exact) mass is 482 g/mol. The molecule has 8 nitrogen and oxygen atoms in total. The Labute approximate surface area is 206 Å². The van der Waals surface area contributed by atoms with Crippen molar-refractivity contribution < 1.29 is 13.9 Å². The maximum atomic E-state index is 14.3. The number of unbranched alkanes of at least 4 members (excludes halogenated alkanes) is 1. The van der Waals surface area contributed by atoms with E-state index in [2.05, 4.69) is 32.2 Å². The Morgan fingerprint density at radius 1 is 1.00 bits per heavy atom. The van der Waals surface area contributed by atoms with Gasteiger partial charge in [-0.1, -0.05) is 38.0 Å². The van der Waals surface area contributed by atoms with E-state index in [1.165, 1.54) is 6.07 Å². The number of ether oxygens (including phenoxy) is 2. The van der Waals surface area contributed by atoms with Gasteiger partial charge in [0.05, 0.1) is 25.9 Å². The van der Waals surface area contributed by atoms with Gasteiger partial charge in [-0.25, -0.2) is 9.07 Å². The molecule has 0 N–H and O–H groups in total. The van der Waals surface area contributed by atoms with Gasteiger partial charge < -0.3 is 14.4 Å². The number of nitrogens with zero attached hydrogens (tertiary/aromatic N) is 6. The van der Waals surface area contributed by atoms with Crippen LogP contribution in [0.4, 0.5) is 10.1 Å². The summed E-state index contributed by atoms with van der Waals surface area (Å²) in [6.07, 6.45) is 3.98. The molecular formula is C26H35FN6O2. The lowest BCUT2D eigenvalue weighted by Gasteiger charge is -2.39. The van der Waals surface area contributed by atoms with Gasteiger partial charge in [0.2, 0.25) is 0 Å². The SMILES string of the molecule is CCCCC(c1nnnn1CCc1ccc(OC)c(OC)c1)N1CCN(c2ccccc2F)CC1. The zero-order valence-corrected chi connectivity index (χ0v) is 20.9. The zero-order chi connectivity index (χ0) is 24.6. The van der Waals surface area contributed by atoms with E-state index in [1.807, 2.05) is 35.0 Å². The van der Waals surface area contributed by atoms with Gasteiger partial charge in [0.1, 0.15) is 5.82 Å². The molecule has 4 rings (SSSR count). The van der Waals surface area contributed by atoms with Crippen LogP contribution in [0.5, 0.6) is 11.5 Å². The van der Waals surface area contributed by atoms with Crippen molar-refractivity contribution in [3.63, 3.8) is 0 Å². The molecule has 1 aromatic heterocycles. The van der Waals surface area contributed by atoms with Gasteiger partial charge in [0, 0.05) is 32.7 Å². The van der Waals surface area contributed by atoms with Crippen LogP contribution in [0.15, 0.2) is 42.5 Å². The van der Waals surface area contributed by atoms with Gasteiger partial charge in [-0.15, -0.1) is 5.10 Å². The molecule has 0 radical (unpaired) electrons. The Bertz CT molecular complexity index is 1080. The number of piperazine rings is 1. The molecule has 1 saturated heterocycles. The average molecular weight is 483 g/mol. The summed E-state index contributed by atoms with van der Waals surface area (Å²) in [4.78, 5) is 4.58. The van der Waals surface area contributed by atoms with Crippen molar-refractivity contribution in [1.29, 1.82) is 0 Å². The number of para-hydroxylation sites is 1. The molecule has 0 saturated carbocycles. The molecule has 0 amide bonds. The van der Waals surface area contributed by atoms with Crippen LogP contribution in [0.2, 0.25) is 0 Å². The minimum Gasteiger partial charge on any atom is -0.493 e. The fourth-order valence-electron chi connectivity index (χ4n) is 4.74. The molecule has 1 unspecified atom stereocenters. The Morgan fingerprint density at radius 3 is 2.49 bits per heavy atom. The molecule has 188 valence electrons. The molecule has 1 atom stereocenters. The molecule has 0 bridgehead atoms. The first-order chi connectivity index (χ1) is 17.1. The molecule has 0 spiro atoms. The number of benzene rings is 2. The van der Waals surface area contributed by atoms with Crippen LogP contribution in [-0.4, -0.2) is 65.5 Å². The number of hydrogen-bond acceptors (Lipinski definition) is 7. The van der Waals surface area contributed by atoms with Crippen LogP contribution >= 0.6 is 0 Å². The van der Waals surface area contributed by atoms with Crippen molar-refractivity contribution in [3.8, 4) is 11.5 Å². The molecule has 1 aliphatic rings. The second-order valence-electron chi connectivity index (χ2n) is 8.83. The van der Waals surface area contributed by atoms with E-state index < -0.39 is 0 Å². The van der Waals surface area contributed by atoms with Crippen molar-refractivity contribution in [1.82, 2.24) is 25.1 Å². The normalized spacial score (nSPS) is 15.3. The summed E-state index contributed by atoms with van der Waals surface area (Å²) in [6, 6.07) is 13.1. The number of halogens is 1. The molecule has 9 heteroatoms. The minimum absolute atomic E-state index is 0.137. The number of anilines is 1.